The lowest BCUT2D eigenvalue weighted by Crippen LogP contribution is -2.38. The van der Waals surface area contributed by atoms with Crippen molar-refractivity contribution < 1.29 is 27.5 Å². The average Bonchev–Trinajstić information content (AvgIpc) is 2.70. The summed E-state index contributed by atoms with van der Waals surface area (Å²) >= 11 is 3.39. The minimum atomic E-state index is -4.59. The first-order chi connectivity index (χ1) is 14.2. The molecule has 2 aromatic carbocycles. The van der Waals surface area contributed by atoms with E-state index < -0.39 is 17.6 Å². The Kier molecular flexibility index (Phi) is 8.28. The smallest absolute Gasteiger partial charge is 0.418 e. The van der Waals surface area contributed by atoms with Gasteiger partial charge in [0, 0.05) is 13.0 Å². The predicted octanol–water partition coefficient (Wildman–Crippen LogP) is 4.90. The van der Waals surface area contributed by atoms with Crippen LogP contribution in [0.3, 0.4) is 0 Å². The van der Waals surface area contributed by atoms with E-state index in [9.17, 15) is 22.8 Å². The number of benzene rings is 2. The first-order valence-electron chi connectivity index (χ1n) is 9.22. The molecule has 0 atom stereocenters. The van der Waals surface area contributed by atoms with Gasteiger partial charge < -0.3 is 15.0 Å². The third kappa shape index (κ3) is 6.48. The van der Waals surface area contributed by atoms with Gasteiger partial charge in [-0.2, -0.15) is 13.2 Å². The number of rotatable bonds is 8. The molecule has 2 rings (SSSR count). The standard InChI is InChI=1S/C21H22BrF3N2O3/c1-3-27(20(29)11-9-14-8-10-18(30-2)16(22)12-14)13-19(28)26-17-7-5-4-6-15(17)21(23,24)25/h4-8,10,12H,3,9,11,13H2,1-2H3,(H,26,28). The Balaban J connectivity index is 1.97. The summed E-state index contributed by atoms with van der Waals surface area (Å²) in [5.74, 6) is -0.270. The van der Waals surface area contributed by atoms with Gasteiger partial charge in [-0.15, -0.1) is 0 Å². The molecule has 1 N–H and O–H groups in total. The van der Waals surface area contributed by atoms with E-state index in [2.05, 4.69) is 21.2 Å². The number of halogens is 4. The number of methoxy groups -OCH3 is 1. The van der Waals surface area contributed by atoms with Crippen LogP contribution in [0.15, 0.2) is 46.9 Å². The van der Waals surface area contributed by atoms with E-state index in [1.54, 1.807) is 20.1 Å². The molecule has 5 nitrogen and oxygen atoms in total. The summed E-state index contributed by atoms with van der Waals surface area (Å²) in [5, 5.41) is 2.26. The second-order valence-electron chi connectivity index (χ2n) is 6.47. The molecule has 0 aromatic heterocycles. The number of aryl methyl sites for hydroxylation is 1. The van der Waals surface area contributed by atoms with Gasteiger partial charge >= 0.3 is 6.18 Å². The van der Waals surface area contributed by atoms with Crippen molar-refractivity contribution in [2.75, 3.05) is 25.5 Å². The molecule has 0 radical (unpaired) electrons. The fourth-order valence-electron chi connectivity index (χ4n) is 2.85. The number of carbonyl (C=O) groups excluding carboxylic acids is 2. The van der Waals surface area contributed by atoms with Crippen LogP contribution in [0.25, 0.3) is 0 Å². The Hall–Kier alpha value is -2.55. The third-order valence-corrected chi connectivity index (χ3v) is 5.04. The number of hydrogen-bond donors (Lipinski definition) is 1. The molecule has 0 spiro atoms. The highest BCUT2D eigenvalue weighted by Crippen LogP contribution is 2.34. The minimum Gasteiger partial charge on any atom is -0.496 e. The molecule has 0 aliphatic rings. The molecule has 0 bridgehead atoms. The molecule has 0 unspecified atom stereocenters. The second kappa shape index (κ2) is 10.5. The molecule has 2 amide bonds. The minimum absolute atomic E-state index is 0.166. The Labute approximate surface area is 181 Å². The summed E-state index contributed by atoms with van der Waals surface area (Å²) < 4.78 is 45.1. The second-order valence-corrected chi connectivity index (χ2v) is 7.32. The number of para-hydroxylation sites is 1. The lowest BCUT2D eigenvalue weighted by atomic mass is 10.1. The van der Waals surface area contributed by atoms with Crippen molar-refractivity contribution in [2.45, 2.75) is 25.9 Å². The number of alkyl halides is 3. The molecule has 2 aromatic rings. The van der Waals surface area contributed by atoms with Crippen molar-refractivity contribution >= 4 is 33.4 Å². The highest BCUT2D eigenvalue weighted by atomic mass is 79.9. The Bertz CT molecular complexity index is 903. The number of carbonyl (C=O) groups is 2. The summed E-state index contributed by atoms with van der Waals surface area (Å²) in [5.41, 5.74) is -0.352. The molecular weight excluding hydrogens is 465 g/mol. The highest BCUT2D eigenvalue weighted by molar-refractivity contribution is 9.10. The predicted molar refractivity (Wildman–Crippen MR) is 111 cm³/mol. The van der Waals surface area contributed by atoms with Crippen LogP contribution in [-0.4, -0.2) is 36.9 Å². The van der Waals surface area contributed by atoms with Crippen LogP contribution in [0, 0.1) is 0 Å². The van der Waals surface area contributed by atoms with E-state index in [0.717, 1.165) is 16.1 Å². The molecule has 30 heavy (non-hydrogen) atoms. The lowest BCUT2D eigenvalue weighted by molar-refractivity contribution is -0.137. The maximum absolute atomic E-state index is 13.1. The molecule has 0 heterocycles. The van der Waals surface area contributed by atoms with Gasteiger partial charge in [-0.05, 0) is 59.1 Å². The molecular formula is C21H22BrF3N2O3. The summed E-state index contributed by atoms with van der Waals surface area (Å²) in [4.78, 5) is 26.1. The first-order valence-corrected chi connectivity index (χ1v) is 10.0. The molecule has 162 valence electrons. The molecule has 0 aliphatic heterocycles. The topological polar surface area (TPSA) is 58.6 Å². The quantitative estimate of drug-likeness (QED) is 0.577. The fourth-order valence-corrected chi connectivity index (χ4v) is 3.44. The van der Waals surface area contributed by atoms with E-state index in [-0.39, 0.29) is 31.1 Å². The number of ether oxygens (including phenoxy) is 1. The normalized spacial score (nSPS) is 11.1. The summed E-state index contributed by atoms with van der Waals surface area (Å²) in [6, 6.07) is 10.2. The molecule has 0 aliphatic carbocycles. The van der Waals surface area contributed by atoms with Gasteiger partial charge in [0.05, 0.1) is 29.4 Å². The molecule has 0 saturated heterocycles. The number of likely N-dealkylation sites (N-methyl/N-ethyl adjacent to an activating group) is 1. The van der Waals surface area contributed by atoms with Gasteiger partial charge in [0.1, 0.15) is 5.75 Å². The van der Waals surface area contributed by atoms with Crippen LogP contribution < -0.4 is 10.1 Å². The maximum atomic E-state index is 13.1. The van der Waals surface area contributed by atoms with Gasteiger partial charge in [-0.1, -0.05) is 18.2 Å². The Morgan fingerprint density at radius 3 is 2.47 bits per heavy atom. The van der Waals surface area contributed by atoms with Crippen molar-refractivity contribution in [2.24, 2.45) is 0 Å². The average molecular weight is 487 g/mol. The van der Waals surface area contributed by atoms with E-state index >= 15 is 0 Å². The largest absolute Gasteiger partial charge is 0.496 e. The van der Waals surface area contributed by atoms with Gasteiger partial charge in [0.25, 0.3) is 0 Å². The summed E-state index contributed by atoms with van der Waals surface area (Å²) in [6.07, 6.45) is -3.97. The van der Waals surface area contributed by atoms with Gasteiger partial charge in [-0.3, -0.25) is 9.59 Å². The van der Waals surface area contributed by atoms with Gasteiger partial charge in [0.2, 0.25) is 11.8 Å². The maximum Gasteiger partial charge on any atom is 0.418 e. The van der Waals surface area contributed by atoms with E-state index in [1.165, 1.54) is 23.1 Å². The number of amides is 2. The van der Waals surface area contributed by atoms with Crippen molar-refractivity contribution in [1.82, 2.24) is 4.90 Å². The first kappa shape index (κ1) is 23.7. The van der Waals surface area contributed by atoms with E-state index in [1.807, 2.05) is 12.1 Å². The zero-order chi connectivity index (χ0) is 22.3. The summed E-state index contributed by atoms with van der Waals surface area (Å²) in [6.45, 7) is 1.64. The van der Waals surface area contributed by atoms with Crippen molar-refractivity contribution in [1.29, 1.82) is 0 Å². The van der Waals surface area contributed by atoms with Crippen molar-refractivity contribution in [3.05, 3.63) is 58.1 Å². The van der Waals surface area contributed by atoms with E-state index in [0.29, 0.717) is 12.2 Å². The van der Waals surface area contributed by atoms with Gasteiger partial charge in [-0.25, -0.2) is 0 Å². The Morgan fingerprint density at radius 1 is 1.17 bits per heavy atom. The number of nitrogens with one attached hydrogen (secondary N) is 1. The van der Waals surface area contributed by atoms with Crippen LogP contribution in [-0.2, 0) is 22.2 Å². The SMILES string of the molecule is CCN(CC(=O)Nc1ccccc1C(F)(F)F)C(=O)CCc1ccc(OC)c(Br)c1. The molecule has 0 saturated carbocycles. The van der Waals surface area contributed by atoms with Crippen LogP contribution in [0.2, 0.25) is 0 Å². The van der Waals surface area contributed by atoms with Crippen molar-refractivity contribution in [3.63, 3.8) is 0 Å². The van der Waals surface area contributed by atoms with Crippen molar-refractivity contribution in [3.8, 4) is 5.75 Å². The lowest BCUT2D eigenvalue weighted by Gasteiger charge is -2.21. The van der Waals surface area contributed by atoms with Crippen LogP contribution >= 0.6 is 15.9 Å². The van der Waals surface area contributed by atoms with E-state index in [4.69, 9.17) is 4.74 Å². The zero-order valence-electron chi connectivity index (χ0n) is 16.6. The Morgan fingerprint density at radius 2 is 1.87 bits per heavy atom. The monoisotopic (exact) mass is 486 g/mol. The third-order valence-electron chi connectivity index (χ3n) is 4.42. The molecule has 9 heteroatoms. The summed E-state index contributed by atoms with van der Waals surface area (Å²) in [7, 11) is 1.56. The van der Waals surface area contributed by atoms with Crippen LogP contribution in [0.5, 0.6) is 5.75 Å². The number of nitrogens with zero attached hydrogens (tertiary/aromatic N) is 1. The zero-order valence-corrected chi connectivity index (χ0v) is 18.1. The fraction of sp³-hybridized carbons (Fsp3) is 0.333. The number of hydrogen-bond acceptors (Lipinski definition) is 3. The van der Waals surface area contributed by atoms with Gasteiger partial charge in [0.15, 0.2) is 0 Å². The van der Waals surface area contributed by atoms with Crippen LogP contribution in [0.1, 0.15) is 24.5 Å². The van der Waals surface area contributed by atoms with Crippen LogP contribution in [0.4, 0.5) is 18.9 Å². The number of anilines is 1. The highest BCUT2D eigenvalue weighted by Gasteiger charge is 2.33. The molecule has 0 fully saturated rings.